The molecule has 0 amide bonds. The van der Waals surface area contributed by atoms with Gasteiger partial charge >= 0.3 is 6.01 Å². The van der Waals surface area contributed by atoms with E-state index in [-0.39, 0.29) is 6.01 Å². The van der Waals surface area contributed by atoms with Crippen molar-refractivity contribution in [2.45, 2.75) is 6.54 Å². The molecule has 0 saturated carbocycles. The lowest BCUT2D eigenvalue weighted by molar-refractivity contribution is 0.420. The number of aromatic nitrogens is 4. The zero-order chi connectivity index (χ0) is 12.3. The number of rotatable bonds is 4. The molecule has 6 nitrogen and oxygen atoms in total. The number of nitrogens with zero attached hydrogens (tertiary/aromatic N) is 4. The second-order valence-corrected chi connectivity index (χ2v) is 3.82. The zero-order valence-electron chi connectivity index (χ0n) is 9.51. The van der Waals surface area contributed by atoms with Crippen LogP contribution in [0.15, 0.2) is 18.5 Å². The van der Waals surface area contributed by atoms with Gasteiger partial charge in [0.2, 0.25) is 5.88 Å². The Bertz CT molecular complexity index is 513. The summed E-state index contributed by atoms with van der Waals surface area (Å²) in [5, 5.41) is 7.58. The van der Waals surface area contributed by atoms with Crippen molar-refractivity contribution < 1.29 is 4.74 Å². The molecule has 2 aromatic rings. The number of halogens is 1. The minimum Gasteiger partial charge on any atom is -0.404 e. The third kappa shape index (κ3) is 2.92. The Kier molecular flexibility index (Phi) is 3.55. The summed E-state index contributed by atoms with van der Waals surface area (Å²) in [4.78, 5) is 8.21. The van der Waals surface area contributed by atoms with Crippen LogP contribution in [0.5, 0.6) is 11.9 Å². The highest BCUT2D eigenvalue weighted by molar-refractivity contribution is 6.31. The van der Waals surface area contributed by atoms with Gasteiger partial charge in [0.25, 0.3) is 0 Å². The summed E-state index contributed by atoms with van der Waals surface area (Å²) >= 11 is 5.99. The van der Waals surface area contributed by atoms with E-state index in [1.807, 2.05) is 7.05 Å². The van der Waals surface area contributed by atoms with Gasteiger partial charge in [0.1, 0.15) is 6.33 Å². The number of pyridine rings is 1. The molecule has 0 aromatic carbocycles. The number of nitrogens with one attached hydrogen (secondary N) is 1. The van der Waals surface area contributed by atoms with Crippen LogP contribution in [-0.2, 0) is 13.6 Å². The van der Waals surface area contributed by atoms with Gasteiger partial charge in [0.15, 0.2) is 0 Å². The summed E-state index contributed by atoms with van der Waals surface area (Å²) in [5.74, 6) is 0.422. The molecular weight excluding hydrogens is 242 g/mol. The Morgan fingerprint density at radius 3 is 2.94 bits per heavy atom. The van der Waals surface area contributed by atoms with Gasteiger partial charge in [-0.2, -0.15) is 4.98 Å². The molecule has 1 N–H and O–H groups in total. The quantitative estimate of drug-likeness (QED) is 0.892. The SMILES string of the molecule is CNCc1nc(Oc2ncn(C)n2)ccc1Cl. The monoisotopic (exact) mass is 253 g/mol. The maximum Gasteiger partial charge on any atom is 0.342 e. The van der Waals surface area contributed by atoms with Gasteiger partial charge in [-0.25, -0.2) is 4.98 Å². The van der Waals surface area contributed by atoms with Crippen LogP contribution in [0.25, 0.3) is 0 Å². The van der Waals surface area contributed by atoms with Gasteiger partial charge in [0.05, 0.1) is 10.7 Å². The van der Waals surface area contributed by atoms with Gasteiger partial charge in [-0.1, -0.05) is 11.6 Å². The number of hydrogen-bond acceptors (Lipinski definition) is 5. The topological polar surface area (TPSA) is 64.9 Å². The van der Waals surface area contributed by atoms with Crippen LogP contribution in [0.2, 0.25) is 5.02 Å². The predicted molar refractivity (Wildman–Crippen MR) is 63.1 cm³/mol. The van der Waals surface area contributed by atoms with Crippen LogP contribution in [-0.4, -0.2) is 26.8 Å². The molecule has 0 aliphatic heterocycles. The van der Waals surface area contributed by atoms with Crippen molar-refractivity contribution in [1.29, 1.82) is 0 Å². The molecule has 2 rings (SSSR count). The first-order valence-corrected chi connectivity index (χ1v) is 5.40. The minimum absolute atomic E-state index is 0.262. The third-order valence-electron chi connectivity index (χ3n) is 2.01. The maximum atomic E-state index is 5.99. The van der Waals surface area contributed by atoms with E-state index in [1.54, 1.807) is 30.2 Å². The fraction of sp³-hybridized carbons (Fsp3) is 0.300. The minimum atomic E-state index is 0.262. The largest absolute Gasteiger partial charge is 0.404 e. The predicted octanol–water partition coefficient (Wildman–Crippen LogP) is 1.38. The van der Waals surface area contributed by atoms with Crippen molar-refractivity contribution in [1.82, 2.24) is 25.1 Å². The smallest absolute Gasteiger partial charge is 0.342 e. The normalized spacial score (nSPS) is 10.5. The van der Waals surface area contributed by atoms with Gasteiger partial charge in [-0.15, -0.1) is 5.10 Å². The van der Waals surface area contributed by atoms with Crippen LogP contribution in [0.1, 0.15) is 5.69 Å². The first-order valence-electron chi connectivity index (χ1n) is 5.02. The highest BCUT2D eigenvalue weighted by Gasteiger charge is 2.07. The average Bonchev–Trinajstić information content (AvgIpc) is 2.69. The van der Waals surface area contributed by atoms with E-state index in [0.717, 1.165) is 5.69 Å². The average molecular weight is 254 g/mol. The molecule has 17 heavy (non-hydrogen) atoms. The van der Waals surface area contributed by atoms with Crippen LogP contribution in [0.4, 0.5) is 0 Å². The lowest BCUT2D eigenvalue weighted by Crippen LogP contribution is -2.08. The van der Waals surface area contributed by atoms with Crippen molar-refractivity contribution in [2.75, 3.05) is 7.05 Å². The summed E-state index contributed by atoms with van der Waals surface area (Å²) in [7, 11) is 3.59. The Morgan fingerprint density at radius 2 is 2.29 bits per heavy atom. The van der Waals surface area contributed by atoms with Crippen LogP contribution >= 0.6 is 11.6 Å². The van der Waals surface area contributed by atoms with Crippen molar-refractivity contribution in [3.8, 4) is 11.9 Å². The molecule has 2 heterocycles. The van der Waals surface area contributed by atoms with Crippen molar-refractivity contribution in [3.63, 3.8) is 0 Å². The van der Waals surface area contributed by atoms with Crippen molar-refractivity contribution in [3.05, 3.63) is 29.2 Å². The molecule has 0 aliphatic rings. The van der Waals surface area contributed by atoms with Gasteiger partial charge in [0, 0.05) is 19.7 Å². The number of hydrogen-bond donors (Lipinski definition) is 1. The summed E-state index contributed by atoms with van der Waals surface area (Å²) in [5.41, 5.74) is 0.725. The van der Waals surface area contributed by atoms with E-state index < -0.39 is 0 Å². The van der Waals surface area contributed by atoms with E-state index >= 15 is 0 Å². The lowest BCUT2D eigenvalue weighted by atomic mass is 10.3. The first-order chi connectivity index (χ1) is 8.19. The molecule has 0 spiro atoms. The third-order valence-corrected chi connectivity index (χ3v) is 2.36. The van der Waals surface area contributed by atoms with Crippen LogP contribution < -0.4 is 10.1 Å². The van der Waals surface area contributed by atoms with Crippen molar-refractivity contribution in [2.24, 2.45) is 7.05 Å². The number of ether oxygens (including phenoxy) is 1. The summed E-state index contributed by atoms with van der Waals surface area (Å²) < 4.78 is 6.96. The molecule has 90 valence electrons. The molecular formula is C10H12ClN5O. The highest BCUT2D eigenvalue weighted by atomic mass is 35.5. The Balaban J connectivity index is 2.18. The number of aryl methyl sites for hydroxylation is 1. The fourth-order valence-corrected chi connectivity index (χ4v) is 1.44. The van der Waals surface area contributed by atoms with E-state index in [0.29, 0.717) is 17.4 Å². The second-order valence-electron chi connectivity index (χ2n) is 3.41. The van der Waals surface area contributed by atoms with E-state index in [2.05, 4.69) is 20.4 Å². The summed E-state index contributed by atoms with van der Waals surface area (Å²) in [6.45, 7) is 0.575. The first kappa shape index (κ1) is 11.8. The van der Waals surface area contributed by atoms with E-state index in [9.17, 15) is 0 Å². The molecule has 7 heteroatoms. The Hall–Kier alpha value is -1.66. The van der Waals surface area contributed by atoms with Gasteiger partial charge < -0.3 is 10.1 Å². The Labute approximate surface area is 104 Å². The van der Waals surface area contributed by atoms with E-state index in [1.165, 1.54) is 0 Å². The highest BCUT2D eigenvalue weighted by Crippen LogP contribution is 2.20. The molecule has 0 aliphatic carbocycles. The standard InChI is InChI=1S/C10H12ClN5O/c1-12-5-8-7(11)3-4-9(14-8)17-10-13-6-16(2)15-10/h3-4,6,12H,5H2,1-2H3. The summed E-state index contributed by atoms with van der Waals surface area (Å²) in [6, 6.07) is 3.68. The Morgan fingerprint density at radius 1 is 1.47 bits per heavy atom. The molecule has 2 aromatic heterocycles. The fourth-order valence-electron chi connectivity index (χ4n) is 1.27. The van der Waals surface area contributed by atoms with Crippen molar-refractivity contribution >= 4 is 11.6 Å². The molecule has 0 fully saturated rings. The van der Waals surface area contributed by atoms with Gasteiger partial charge in [-0.05, 0) is 13.1 Å². The molecule has 0 bridgehead atoms. The van der Waals surface area contributed by atoms with Crippen LogP contribution in [0, 0.1) is 0 Å². The molecule has 0 atom stereocenters. The molecule has 0 saturated heterocycles. The lowest BCUT2D eigenvalue weighted by Gasteiger charge is -2.05. The van der Waals surface area contributed by atoms with E-state index in [4.69, 9.17) is 16.3 Å². The van der Waals surface area contributed by atoms with Gasteiger partial charge in [-0.3, -0.25) is 4.68 Å². The summed E-state index contributed by atoms with van der Waals surface area (Å²) in [6.07, 6.45) is 1.56. The maximum absolute atomic E-state index is 5.99. The van der Waals surface area contributed by atoms with Crippen LogP contribution in [0.3, 0.4) is 0 Å². The molecule has 0 radical (unpaired) electrons. The zero-order valence-corrected chi connectivity index (χ0v) is 10.3. The second kappa shape index (κ2) is 5.11. The molecule has 0 unspecified atom stereocenters.